The fourth-order valence-electron chi connectivity index (χ4n) is 2.72. The zero-order valence-corrected chi connectivity index (χ0v) is 14.9. The maximum Gasteiger partial charge on any atom is 0.246 e. The molecule has 5 heteroatoms. The number of thiophene rings is 1. The molecular weight excluding hydrogens is 342 g/mol. The highest BCUT2D eigenvalue weighted by molar-refractivity contribution is 7.10. The van der Waals surface area contributed by atoms with E-state index in [0.29, 0.717) is 18.1 Å². The van der Waals surface area contributed by atoms with E-state index in [9.17, 15) is 4.79 Å². The summed E-state index contributed by atoms with van der Waals surface area (Å²) in [6.45, 7) is 1.97. The van der Waals surface area contributed by atoms with Gasteiger partial charge in [-0.2, -0.15) is 0 Å². The zero-order chi connectivity index (χ0) is 16.8. The zero-order valence-electron chi connectivity index (χ0n) is 13.4. The number of nitrogens with zero attached hydrogens (tertiary/aromatic N) is 1. The Kier molecular flexibility index (Phi) is 6.07. The van der Waals surface area contributed by atoms with Gasteiger partial charge in [-0.25, -0.2) is 0 Å². The lowest BCUT2D eigenvalue weighted by Crippen LogP contribution is -2.35. The summed E-state index contributed by atoms with van der Waals surface area (Å²) in [7, 11) is 0. The molecule has 3 rings (SSSR count). The Morgan fingerprint density at radius 2 is 2.17 bits per heavy atom. The summed E-state index contributed by atoms with van der Waals surface area (Å²) in [5.41, 5.74) is 1.07. The molecule has 0 saturated carbocycles. The van der Waals surface area contributed by atoms with Crippen LogP contribution in [0, 0.1) is 0 Å². The van der Waals surface area contributed by atoms with Crippen LogP contribution in [0.1, 0.15) is 23.3 Å². The van der Waals surface area contributed by atoms with Gasteiger partial charge in [0, 0.05) is 35.7 Å². The minimum absolute atomic E-state index is 0.00819. The maximum absolute atomic E-state index is 12.7. The third-order valence-electron chi connectivity index (χ3n) is 3.98. The Hall–Kier alpha value is -1.62. The standard InChI is InChI=1S/C19H20ClNO2S/c20-16-7-5-15(6-8-16)13-21(14-17-3-1-11-23-17)19(22)10-9-18-4-2-12-24-18/h2,4-10,12,17H,1,3,11,13-14H2/b10-9+. The SMILES string of the molecule is O=C(/C=C/c1cccs1)N(Cc1ccc(Cl)cc1)CC1CCCO1. The van der Waals surface area contributed by atoms with E-state index in [2.05, 4.69) is 0 Å². The van der Waals surface area contributed by atoms with Crippen LogP contribution in [0.25, 0.3) is 6.08 Å². The number of hydrogen-bond donors (Lipinski definition) is 0. The van der Waals surface area contributed by atoms with Crippen molar-refractivity contribution < 1.29 is 9.53 Å². The molecule has 3 nitrogen and oxygen atoms in total. The maximum atomic E-state index is 12.7. The van der Waals surface area contributed by atoms with Crippen molar-refractivity contribution in [1.82, 2.24) is 4.90 Å². The first-order valence-electron chi connectivity index (χ1n) is 8.07. The molecule has 0 bridgehead atoms. The number of hydrogen-bond acceptors (Lipinski definition) is 3. The number of amides is 1. The molecule has 0 radical (unpaired) electrons. The predicted molar refractivity (Wildman–Crippen MR) is 99.2 cm³/mol. The van der Waals surface area contributed by atoms with Crippen LogP contribution in [-0.2, 0) is 16.1 Å². The van der Waals surface area contributed by atoms with Crippen molar-refractivity contribution in [3.8, 4) is 0 Å². The molecule has 0 spiro atoms. The third kappa shape index (κ3) is 4.94. The minimum atomic E-state index is 0.00819. The van der Waals surface area contributed by atoms with Gasteiger partial charge in [-0.3, -0.25) is 4.79 Å². The van der Waals surface area contributed by atoms with Gasteiger partial charge in [-0.1, -0.05) is 29.8 Å². The molecular formula is C19H20ClNO2S. The second-order valence-electron chi connectivity index (χ2n) is 5.83. The molecule has 1 aliphatic rings. The Labute approximate surface area is 151 Å². The molecule has 24 heavy (non-hydrogen) atoms. The van der Waals surface area contributed by atoms with Crippen molar-refractivity contribution in [3.63, 3.8) is 0 Å². The largest absolute Gasteiger partial charge is 0.376 e. The molecule has 2 heterocycles. The molecule has 1 unspecified atom stereocenters. The molecule has 0 N–H and O–H groups in total. The van der Waals surface area contributed by atoms with Gasteiger partial charge in [-0.05, 0) is 48.1 Å². The number of benzene rings is 1. The molecule has 126 valence electrons. The Bertz CT molecular complexity index is 676. The van der Waals surface area contributed by atoms with Crippen LogP contribution in [0.3, 0.4) is 0 Å². The van der Waals surface area contributed by atoms with E-state index in [0.717, 1.165) is 29.9 Å². The van der Waals surface area contributed by atoms with E-state index < -0.39 is 0 Å². The second kappa shape index (κ2) is 8.47. The quantitative estimate of drug-likeness (QED) is 0.702. The summed E-state index contributed by atoms with van der Waals surface area (Å²) >= 11 is 7.56. The first kappa shape index (κ1) is 17.2. The summed E-state index contributed by atoms with van der Waals surface area (Å²) in [6.07, 6.45) is 5.74. The Balaban J connectivity index is 1.70. The summed E-state index contributed by atoms with van der Waals surface area (Å²) in [5, 5.41) is 2.70. The van der Waals surface area contributed by atoms with E-state index in [1.54, 1.807) is 17.4 Å². The van der Waals surface area contributed by atoms with Gasteiger partial charge in [0.15, 0.2) is 0 Å². The highest BCUT2D eigenvalue weighted by Gasteiger charge is 2.21. The number of rotatable bonds is 6. The smallest absolute Gasteiger partial charge is 0.246 e. The van der Waals surface area contributed by atoms with E-state index in [4.69, 9.17) is 16.3 Å². The van der Waals surface area contributed by atoms with Crippen LogP contribution in [-0.4, -0.2) is 30.1 Å². The molecule has 1 aliphatic heterocycles. The van der Waals surface area contributed by atoms with Gasteiger partial charge in [-0.15, -0.1) is 11.3 Å². The molecule has 1 fully saturated rings. The van der Waals surface area contributed by atoms with Crippen LogP contribution in [0.15, 0.2) is 47.9 Å². The molecule has 1 saturated heterocycles. The Morgan fingerprint density at radius 3 is 2.83 bits per heavy atom. The molecule has 1 amide bonds. The van der Waals surface area contributed by atoms with Crippen molar-refractivity contribution in [2.24, 2.45) is 0 Å². The number of carbonyl (C=O) groups excluding carboxylic acids is 1. The van der Waals surface area contributed by atoms with Crippen LogP contribution >= 0.6 is 22.9 Å². The van der Waals surface area contributed by atoms with Crippen LogP contribution in [0.2, 0.25) is 5.02 Å². The van der Waals surface area contributed by atoms with Gasteiger partial charge in [0.25, 0.3) is 0 Å². The number of halogens is 1. The summed E-state index contributed by atoms with van der Waals surface area (Å²) < 4.78 is 5.70. The van der Waals surface area contributed by atoms with E-state index >= 15 is 0 Å². The fraction of sp³-hybridized carbons (Fsp3) is 0.316. The van der Waals surface area contributed by atoms with E-state index in [1.807, 2.05) is 52.8 Å². The van der Waals surface area contributed by atoms with Gasteiger partial charge in [0.05, 0.1) is 6.10 Å². The normalized spacial score (nSPS) is 17.5. The lowest BCUT2D eigenvalue weighted by Gasteiger charge is -2.24. The van der Waals surface area contributed by atoms with Crippen molar-refractivity contribution in [3.05, 3.63) is 63.3 Å². The molecule has 1 aromatic carbocycles. The molecule has 1 aromatic heterocycles. The van der Waals surface area contributed by atoms with Crippen LogP contribution < -0.4 is 0 Å². The fourth-order valence-corrected chi connectivity index (χ4v) is 3.47. The van der Waals surface area contributed by atoms with Gasteiger partial charge in [0.1, 0.15) is 0 Å². The average Bonchev–Trinajstić information content (AvgIpc) is 3.27. The van der Waals surface area contributed by atoms with Gasteiger partial charge >= 0.3 is 0 Å². The van der Waals surface area contributed by atoms with Crippen molar-refractivity contribution in [1.29, 1.82) is 0 Å². The highest BCUT2D eigenvalue weighted by Crippen LogP contribution is 2.17. The van der Waals surface area contributed by atoms with Crippen molar-refractivity contribution in [2.45, 2.75) is 25.5 Å². The summed E-state index contributed by atoms with van der Waals surface area (Å²) in [5.74, 6) is 0.00819. The van der Waals surface area contributed by atoms with Crippen LogP contribution in [0.5, 0.6) is 0 Å². The Morgan fingerprint density at radius 1 is 1.33 bits per heavy atom. The monoisotopic (exact) mass is 361 g/mol. The second-order valence-corrected chi connectivity index (χ2v) is 7.24. The summed E-state index contributed by atoms with van der Waals surface area (Å²) in [4.78, 5) is 15.6. The van der Waals surface area contributed by atoms with E-state index in [1.165, 1.54) is 0 Å². The summed E-state index contributed by atoms with van der Waals surface area (Å²) in [6, 6.07) is 11.6. The van der Waals surface area contributed by atoms with Gasteiger partial charge < -0.3 is 9.64 Å². The first-order valence-corrected chi connectivity index (χ1v) is 9.33. The molecule has 2 aromatic rings. The third-order valence-corrected chi connectivity index (χ3v) is 5.07. The molecule has 0 aliphatic carbocycles. The van der Waals surface area contributed by atoms with E-state index in [-0.39, 0.29) is 12.0 Å². The number of carbonyl (C=O) groups is 1. The minimum Gasteiger partial charge on any atom is -0.376 e. The van der Waals surface area contributed by atoms with Crippen molar-refractivity contribution >= 4 is 34.9 Å². The predicted octanol–water partition coefficient (Wildman–Crippen LogP) is 4.62. The van der Waals surface area contributed by atoms with Gasteiger partial charge in [0.2, 0.25) is 5.91 Å². The lowest BCUT2D eigenvalue weighted by atomic mass is 10.1. The first-order chi connectivity index (χ1) is 11.7. The van der Waals surface area contributed by atoms with Crippen molar-refractivity contribution in [2.75, 3.05) is 13.2 Å². The molecule has 1 atom stereocenters. The average molecular weight is 362 g/mol. The van der Waals surface area contributed by atoms with Crippen LogP contribution in [0.4, 0.5) is 0 Å². The number of ether oxygens (including phenoxy) is 1. The highest BCUT2D eigenvalue weighted by atomic mass is 35.5. The lowest BCUT2D eigenvalue weighted by molar-refractivity contribution is -0.128. The topological polar surface area (TPSA) is 29.5 Å².